The summed E-state index contributed by atoms with van der Waals surface area (Å²) in [6.07, 6.45) is 0. The molecule has 0 aliphatic rings. The second-order valence-electron chi connectivity index (χ2n) is 6.50. The highest BCUT2D eigenvalue weighted by atomic mass is 16.5. The zero-order valence-corrected chi connectivity index (χ0v) is 15.7. The Morgan fingerprint density at radius 3 is 2.07 bits per heavy atom. The van der Waals surface area contributed by atoms with E-state index in [2.05, 4.69) is 70.2 Å². The molecule has 0 saturated heterocycles. The monoisotopic (exact) mass is 355 g/mol. The number of nitrogens with zero attached hydrogens (tertiary/aromatic N) is 3. The molecule has 0 bridgehead atoms. The SMILES string of the molecule is COc1ccc(-n2c(C)nnc2-c2ccc(-c3ccccc3C)cc2)cc1. The van der Waals surface area contributed by atoms with Crippen molar-refractivity contribution < 1.29 is 4.74 Å². The first-order valence-corrected chi connectivity index (χ1v) is 8.90. The van der Waals surface area contributed by atoms with Crippen LogP contribution in [0.5, 0.6) is 5.75 Å². The van der Waals surface area contributed by atoms with Gasteiger partial charge in [-0.1, -0.05) is 48.5 Å². The topological polar surface area (TPSA) is 39.9 Å². The van der Waals surface area contributed by atoms with E-state index in [9.17, 15) is 0 Å². The standard InChI is InChI=1S/C23H21N3O/c1-16-6-4-5-7-22(16)18-8-10-19(11-9-18)23-25-24-17(2)26(23)20-12-14-21(27-3)15-13-20/h4-15H,1-3H3. The Kier molecular flexibility index (Phi) is 4.47. The maximum absolute atomic E-state index is 5.26. The second-order valence-corrected chi connectivity index (χ2v) is 6.50. The van der Waals surface area contributed by atoms with E-state index in [1.807, 2.05) is 31.2 Å². The van der Waals surface area contributed by atoms with Gasteiger partial charge in [-0.25, -0.2) is 0 Å². The smallest absolute Gasteiger partial charge is 0.168 e. The highest BCUT2D eigenvalue weighted by Crippen LogP contribution is 2.28. The number of rotatable bonds is 4. The minimum atomic E-state index is 0.827. The highest BCUT2D eigenvalue weighted by Gasteiger charge is 2.13. The van der Waals surface area contributed by atoms with Crippen molar-refractivity contribution in [2.75, 3.05) is 7.11 Å². The predicted molar refractivity (Wildman–Crippen MR) is 108 cm³/mol. The van der Waals surface area contributed by atoms with Crippen LogP contribution in [0.3, 0.4) is 0 Å². The van der Waals surface area contributed by atoms with Crippen LogP contribution in [-0.4, -0.2) is 21.9 Å². The summed E-state index contributed by atoms with van der Waals surface area (Å²) >= 11 is 0. The van der Waals surface area contributed by atoms with Crippen molar-refractivity contribution in [2.45, 2.75) is 13.8 Å². The number of hydrogen-bond donors (Lipinski definition) is 0. The molecule has 0 aliphatic carbocycles. The van der Waals surface area contributed by atoms with Gasteiger partial charge in [0.25, 0.3) is 0 Å². The Bertz CT molecular complexity index is 1060. The summed E-state index contributed by atoms with van der Waals surface area (Å²) in [6.45, 7) is 4.09. The number of aryl methyl sites for hydroxylation is 2. The summed E-state index contributed by atoms with van der Waals surface area (Å²) in [5.74, 6) is 2.50. The van der Waals surface area contributed by atoms with E-state index in [4.69, 9.17) is 4.74 Å². The van der Waals surface area contributed by atoms with Gasteiger partial charge in [0, 0.05) is 11.3 Å². The lowest BCUT2D eigenvalue weighted by Crippen LogP contribution is -2.00. The van der Waals surface area contributed by atoms with Gasteiger partial charge in [-0.3, -0.25) is 4.57 Å². The van der Waals surface area contributed by atoms with Crippen molar-refractivity contribution in [3.8, 4) is 34.0 Å². The number of ether oxygens (including phenoxy) is 1. The lowest BCUT2D eigenvalue weighted by molar-refractivity contribution is 0.414. The molecule has 1 aromatic heterocycles. The largest absolute Gasteiger partial charge is 0.497 e. The lowest BCUT2D eigenvalue weighted by atomic mass is 9.99. The third-order valence-corrected chi connectivity index (χ3v) is 4.75. The van der Waals surface area contributed by atoms with E-state index >= 15 is 0 Å². The number of methoxy groups -OCH3 is 1. The van der Waals surface area contributed by atoms with Gasteiger partial charge in [0.2, 0.25) is 0 Å². The summed E-state index contributed by atoms with van der Waals surface area (Å²) in [6, 6.07) is 24.8. The number of benzene rings is 3. The van der Waals surface area contributed by atoms with Crippen LogP contribution < -0.4 is 4.74 Å². The highest BCUT2D eigenvalue weighted by molar-refractivity contribution is 5.70. The lowest BCUT2D eigenvalue weighted by Gasteiger charge is -2.11. The molecule has 0 unspecified atom stereocenters. The van der Waals surface area contributed by atoms with E-state index in [0.29, 0.717) is 0 Å². The summed E-state index contributed by atoms with van der Waals surface area (Å²) in [7, 11) is 1.67. The molecule has 134 valence electrons. The fraction of sp³-hybridized carbons (Fsp3) is 0.130. The van der Waals surface area contributed by atoms with Gasteiger partial charge < -0.3 is 4.74 Å². The maximum atomic E-state index is 5.26. The van der Waals surface area contributed by atoms with Crippen LogP contribution in [0.2, 0.25) is 0 Å². The maximum Gasteiger partial charge on any atom is 0.168 e. The van der Waals surface area contributed by atoms with Crippen molar-refractivity contribution in [3.63, 3.8) is 0 Å². The fourth-order valence-corrected chi connectivity index (χ4v) is 3.29. The molecule has 0 N–H and O–H groups in total. The van der Waals surface area contributed by atoms with Gasteiger partial charge in [0.05, 0.1) is 7.11 Å². The van der Waals surface area contributed by atoms with E-state index in [1.165, 1.54) is 16.7 Å². The Hall–Kier alpha value is -3.40. The third kappa shape index (κ3) is 3.22. The average Bonchev–Trinajstić information content (AvgIpc) is 3.10. The Labute approximate surface area is 159 Å². The van der Waals surface area contributed by atoms with Crippen LogP contribution in [0.15, 0.2) is 72.8 Å². The molecule has 0 amide bonds. The molecular weight excluding hydrogens is 334 g/mol. The normalized spacial score (nSPS) is 10.8. The summed E-state index contributed by atoms with van der Waals surface area (Å²) in [5.41, 5.74) is 5.75. The van der Waals surface area contributed by atoms with Gasteiger partial charge in [0.15, 0.2) is 5.82 Å². The molecule has 4 rings (SSSR count). The first kappa shape index (κ1) is 17.0. The van der Waals surface area contributed by atoms with E-state index in [0.717, 1.165) is 28.6 Å². The predicted octanol–water partition coefficient (Wildman–Crippen LogP) is 5.23. The molecule has 0 atom stereocenters. The molecule has 4 heteroatoms. The zero-order chi connectivity index (χ0) is 18.8. The van der Waals surface area contributed by atoms with Crippen molar-refractivity contribution in [2.24, 2.45) is 0 Å². The van der Waals surface area contributed by atoms with Gasteiger partial charge in [-0.05, 0) is 54.8 Å². The van der Waals surface area contributed by atoms with Crippen molar-refractivity contribution in [1.82, 2.24) is 14.8 Å². The van der Waals surface area contributed by atoms with Gasteiger partial charge in [-0.15, -0.1) is 10.2 Å². The van der Waals surface area contributed by atoms with Crippen LogP contribution in [0.25, 0.3) is 28.2 Å². The molecular formula is C23H21N3O. The van der Waals surface area contributed by atoms with Gasteiger partial charge in [-0.2, -0.15) is 0 Å². The Balaban J connectivity index is 1.73. The molecule has 0 spiro atoms. The van der Waals surface area contributed by atoms with Crippen LogP contribution >= 0.6 is 0 Å². The van der Waals surface area contributed by atoms with Crippen molar-refractivity contribution in [1.29, 1.82) is 0 Å². The van der Waals surface area contributed by atoms with E-state index in [1.54, 1.807) is 7.11 Å². The summed E-state index contributed by atoms with van der Waals surface area (Å²) in [4.78, 5) is 0. The molecule has 3 aromatic carbocycles. The molecule has 0 saturated carbocycles. The summed E-state index contributed by atoms with van der Waals surface area (Å²) in [5, 5.41) is 8.69. The third-order valence-electron chi connectivity index (χ3n) is 4.75. The van der Waals surface area contributed by atoms with Crippen molar-refractivity contribution >= 4 is 0 Å². The Morgan fingerprint density at radius 2 is 1.41 bits per heavy atom. The van der Waals surface area contributed by atoms with Crippen LogP contribution in [0, 0.1) is 13.8 Å². The minimum absolute atomic E-state index is 0.827. The number of aromatic nitrogens is 3. The number of hydrogen-bond acceptors (Lipinski definition) is 3. The first-order chi connectivity index (χ1) is 13.2. The van der Waals surface area contributed by atoms with Crippen molar-refractivity contribution in [3.05, 3.63) is 84.2 Å². The molecule has 0 radical (unpaired) electrons. The molecule has 0 fully saturated rings. The Morgan fingerprint density at radius 1 is 0.741 bits per heavy atom. The van der Waals surface area contributed by atoms with Gasteiger partial charge >= 0.3 is 0 Å². The first-order valence-electron chi connectivity index (χ1n) is 8.90. The second kappa shape index (κ2) is 7.08. The molecule has 0 aliphatic heterocycles. The molecule has 27 heavy (non-hydrogen) atoms. The quantitative estimate of drug-likeness (QED) is 0.503. The van der Waals surface area contributed by atoms with Crippen LogP contribution in [-0.2, 0) is 0 Å². The van der Waals surface area contributed by atoms with Crippen LogP contribution in [0.1, 0.15) is 11.4 Å². The van der Waals surface area contributed by atoms with E-state index in [-0.39, 0.29) is 0 Å². The van der Waals surface area contributed by atoms with Gasteiger partial charge in [0.1, 0.15) is 11.6 Å². The fourth-order valence-electron chi connectivity index (χ4n) is 3.29. The zero-order valence-electron chi connectivity index (χ0n) is 15.7. The summed E-state index contributed by atoms with van der Waals surface area (Å²) < 4.78 is 7.31. The average molecular weight is 355 g/mol. The van der Waals surface area contributed by atoms with E-state index < -0.39 is 0 Å². The minimum Gasteiger partial charge on any atom is -0.497 e. The molecule has 4 aromatic rings. The molecule has 1 heterocycles. The van der Waals surface area contributed by atoms with Crippen LogP contribution in [0.4, 0.5) is 0 Å². The molecule has 4 nitrogen and oxygen atoms in total.